The number of rotatable bonds is 6. The largest absolute Gasteiger partial charge is 0.474 e. The Labute approximate surface area is 125 Å². The van der Waals surface area contributed by atoms with E-state index in [1.165, 1.54) is 0 Å². The van der Waals surface area contributed by atoms with Gasteiger partial charge in [-0.05, 0) is 33.3 Å². The first-order valence-corrected chi connectivity index (χ1v) is 7.10. The van der Waals surface area contributed by atoms with Gasteiger partial charge in [-0.15, -0.1) is 0 Å². The Hall–Kier alpha value is -2.17. The summed E-state index contributed by atoms with van der Waals surface area (Å²) in [4.78, 5) is 12.8. The molecular weight excluding hydrogens is 266 g/mol. The van der Waals surface area contributed by atoms with E-state index < -0.39 is 0 Å². The summed E-state index contributed by atoms with van der Waals surface area (Å²) in [5.41, 5.74) is 1.95. The molecule has 2 aromatic rings. The lowest BCUT2D eigenvalue weighted by Crippen LogP contribution is -2.17. The maximum Gasteiger partial charge on any atom is 0.232 e. The van der Waals surface area contributed by atoms with Gasteiger partial charge in [0.25, 0.3) is 0 Å². The zero-order valence-electron chi connectivity index (χ0n) is 12.9. The minimum absolute atomic E-state index is 0.0381. The van der Waals surface area contributed by atoms with Crippen molar-refractivity contribution in [1.82, 2.24) is 15.0 Å². The highest BCUT2D eigenvalue weighted by atomic mass is 16.5. The average molecular weight is 287 g/mol. The molecule has 0 fully saturated rings. The predicted molar refractivity (Wildman–Crippen MR) is 80.6 cm³/mol. The second kappa shape index (κ2) is 7.02. The van der Waals surface area contributed by atoms with Gasteiger partial charge in [-0.25, -0.2) is 9.97 Å². The number of hydrogen-bond donors (Lipinski definition) is 0. The van der Waals surface area contributed by atoms with Crippen molar-refractivity contribution in [2.75, 3.05) is 0 Å². The highest BCUT2D eigenvalue weighted by Crippen LogP contribution is 2.13. The second-order valence-corrected chi connectivity index (χ2v) is 5.32. The van der Waals surface area contributed by atoms with Crippen LogP contribution >= 0.6 is 0 Å². The summed E-state index contributed by atoms with van der Waals surface area (Å²) in [7, 11) is 0. The summed E-state index contributed by atoms with van der Waals surface area (Å²) < 4.78 is 11.3. The summed E-state index contributed by atoms with van der Waals surface area (Å²) in [6.07, 6.45) is 5.84. The Morgan fingerprint density at radius 1 is 1.00 bits per heavy atom. The van der Waals surface area contributed by atoms with Gasteiger partial charge in [0, 0.05) is 24.9 Å². The van der Waals surface area contributed by atoms with E-state index in [1.807, 2.05) is 39.8 Å². The minimum Gasteiger partial charge on any atom is -0.474 e. The summed E-state index contributed by atoms with van der Waals surface area (Å²) in [5.74, 6) is 1.17. The first-order chi connectivity index (χ1) is 10.0. The fraction of sp³-hybridized carbons (Fsp3) is 0.438. The third kappa shape index (κ3) is 5.02. The monoisotopic (exact) mass is 287 g/mol. The molecule has 0 amide bonds. The maximum atomic E-state index is 5.77. The lowest BCUT2D eigenvalue weighted by molar-refractivity contribution is 0.209. The molecule has 0 spiro atoms. The Balaban J connectivity index is 1.95. The van der Waals surface area contributed by atoms with Crippen molar-refractivity contribution < 1.29 is 9.47 Å². The lowest BCUT2D eigenvalue weighted by atomic mass is 10.2. The van der Waals surface area contributed by atoms with Crippen molar-refractivity contribution in [3.05, 3.63) is 42.0 Å². The molecule has 21 heavy (non-hydrogen) atoms. The summed E-state index contributed by atoms with van der Waals surface area (Å²) >= 11 is 0. The van der Waals surface area contributed by atoms with Gasteiger partial charge in [0.05, 0.1) is 18.0 Å². The van der Waals surface area contributed by atoms with Gasteiger partial charge in [-0.1, -0.05) is 6.07 Å². The molecule has 0 aliphatic rings. The molecule has 2 rings (SSSR count). The minimum atomic E-state index is -0.0381. The van der Waals surface area contributed by atoms with E-state index in [4.69, 9.17) is 9.47 Å². The highest BCUT2D eigenvalue weighted by Gasteiger charge is 2.09. The molecule has 2 heterocycles. The Morgan fingerprint density at radius 3 is 2.48 bits per heavy atom. The van der Waals surface area contributed by atoms with Gasteiger partial charge in [-0.2, -0.15) is 0 Å². The van der Waals surface area contributed by atoms with Gasteiger partial charge in [0.2, 0.25) is 11.8 Å². The normalized spacial score (nSPS) is 12.2. The molecule has 1 atom stereocenters. The number of nitrogens with zero attached hydrogens (tertiary/aromatic N) is 3. The number of aromatic nitrogens is 3. The Bertz CT molecular complexity index is 570. The molecule has 0 saturated carbocycles. The average Bonchev–Trinajstić information content (AvgIpc) is 2.41. The first-order valence-electron chi connectivity index (χ1n) is 7.10. The third-order valence-corrected chi connectivity index (χ3v) is 2.72. The van der Waals surface area contributed by atoms with Crippen LogP contribution in [0.15, 0.2) is 30.7 Å². The first kappa shape index (κ1) is 15.2. The number of pyridine rings is 1. The smallest absolute Gasteiger partial charge is 0.232 e. The van der Waals surface area contributed by atoms with Gasteiger partial charge in [0.1, 0.15) is 6.10 Å². The molecule has 0 aliphatic heterocycles. The van der Waals surface area contributed by atoms with Gasteiger partial charge >= 0.3 is 0 Å². The molecular formula is C16H21N3O2. The summed E-state index contributed by atoms with van der Waals surface area (Å²) in [6.45, 7) is 7.90. The standard InChI is InChI=1S/C16H21N3O2/c1-11(2)20-16-10-17-9-14(19-16)7-13(4)21-15-6-5-12(3)8-18-15/h5-6,8-11,13H,7H2,1-4H3. The van der Waals surface area contributed by atoms with Crippen LogP contribution in [0.1, 0.15) is 32.0 Å². The molecule has 0 radical (unpaired) electrons. The number of ether oxygens (including phenoxy) is 2. The molecule has 5 heteroatoms. The number of hydrogen-bond acceptors (Lipinski definition) is 5. The van der Waals surface area contributed by atoms with E-state index in [-0.39, 0.29) is 12.2 Å². The lowest BCUT2D eigenvalue weighted by Gasteiger charge is -2.14. The molecule has 0 saturated heterocycles. The second-order valence-electron chi connectivity index (χ2n) is 5.32. The van der Waals surface area contributed by atoms with Crippen LogP contribution < -0.4 is 9.47 Å². The summed E-state index contributed by atoms with van der Waals surface area (Å²) in [5, 5.41) is 0. The van der Waals surface area contributed by atoms with E-state index in [0.29, 0.717) is 18.2 Å². The van der Waals surface area contributed by atoms with E-state index in [0.717, 1.165) is 11.3 Å². The van der Waals surface area contributed by atoms with Gasteiger partial charge in [0.15, 0.2) is 0 Å². The third-order valence-electron chi connectivity index (χ3n) is 2.72. The highest BCUT2D eigenvalue weighted by molar-refractivity contribution is 5.17. The SMILES string of the molecule is Cc1ccc(OC(C)Cc2cncc(OC(C)C)n2)nc1. The van der Waals surface area contributed by atoms with E-state index in [9.17, 15) is 0 Å². The zero-order valence-corrected chi connectivity index (χ0v) is 12.9. The fourth-order valence-corrected chi connectivity index (χ4v) is 1.85. The summed E-state index contributed by atoms with van der Waals surface area (Å²) in [6, 6.07) is 3.85. The van der Waals surface area contributed by atoms with Crippen LogP contribution in [-0.4, -0.2) is 27.2 Å². The van der Waals surface area contributed by atoms with Crippen molar-refractivity contribution in [2.24, 2.45) is 0 Å². The zero-order chi connectivity index (χ0) is 15.2. The quantitative estimate of drug-likeness (QED) is 0.817. The molecule has 0 aromatic carbocycles. The molecule has 0 aliphatic carbocycles. The maximum absolute atomic E-state index is 5.77. The van der Waals surface area contributed by atoms with Gasteiger partial charge < -0.3 is 9.47 Å². The molecule has 1 unspecified atom stereocenters. The molecule has 5 nitrogen and oxygen atoms in total. The fourth-order valence-electron chi connectivity index (χ4n) is 1.85. The van der Waals surface area contributed by atoms with Crippen LogP contribution in [0.5, 0.6) is 11.8 Å². The van der Waals surface area contributed by atoms with Crippen molar-refractivity contribution in [1.29, 1.82) is 0 Å². The molecule has 2 aromatic heterocycles. The van der Waals surface area contributed by atoms with Crippen LogP contribution in [0.25, 0.3) is 0 Å². The van der Waals surface area contributed by atoms with Crippen molar-refractivity contribution in [2.45, 2.75) is 46.3 Å². The predicted octanol–water partition coefficient (Wildman–Crippen LogP) is 2.98. The Kier molecular flexibility index (Phi) is 5.09. The van der Waals surface area contributed by atoms with Crippen molar-refractivity contribution in [3.63, 3.8) is 0 Å². The van der Waals surface area contributed by atoms with Crippen LogP contribution in [0.3, 0.4) is 0 Å². The van der Waals surface area contributed by atoms with Gasteiger partial charge in [-0.3, -0.25) is 4.98 Å². The van der Waals surface area contributed by atoms with Crippen LogP contribution in [0.4, 0.5) is 0 Å². The Morgan fingerprint density at radius 2 is 1.81 bits per heavy atom. The van der Waals surface area contributed by atoms with E-state index in [1.54, 1.807) is 18.6 Å². The van der Waals surface area contributed by atoms with Crippen LogP contribution in [-0.2, 0) is 6.42 Å². The number of aryl methyl sites for hydroxylation is 1. The van der Waals surface area contributed by atoms with E-state index >= 15 is 0 Å². The topological polar surface area (TPSA) is 57.1 Å². The van der Waals surface area contributed by atoms with E-state index in [2.05, 4.69) is 15.0 Å². The molecule has 0 bridgehead atoms. The van der Waals surface area contributed by atoms with Crippen LogP contribution in [0, 0.1) is 6.92 Å². The van der Waals surface area contributed by atoms with Crippen LogP contribution in [0.2, 0.25) is 0 Å². The molecule has 0 N–H and O–H groups in total. The van der Waals surface area contributed by atoms with Crippen molar-refractivity contribution >= 4 is 0 Å². The van der Waals surface area contributed by atoms with Crippen molar-refractivity contribution in [3.8, 4) is 11.8 Å². The molecule has 112 valence electrons.